The molecule has 0 aromatic heterocycles. The second-order valence-electron chi connectivity index (χ2n) is 8.97. The number of hydrogen-bond acceptors (Lipinski definition) is 6. The molecule has 1 N–H and O–H groups in total. The SMILES string of the molecule is CCS(=O)(=O)c1ccc(-c2cc(COc3ccc(OCC(=O)O)c(C)c3)cc(-c3ccc(OC)cc3)c2)cc1. The zero-order valence-electron chi connectivity index (χ0n) is 22.0. The first-order chi connectivity index (χ1) is 18.7. The normalized spacial score (nSPS) is 11.2. The Balaban J connectivity index is 1.64. The van der Waals surface area contributed by atoms with Crippen molar-refractivity contribution in [3.8, 4) is 39.5 Å². The van der Waals surface area contributed by atoms with Crippen LogP contribution in [0.2, 0.25) is 0 Å². The van der Waals surface area contributed by atoms with E-state index in [1.165, 1.54) is 0 Å². The van der Waals surface area contributed by atoms with Crippen molar-refractivity contribution in [2.24, 2.45) is 0 Å². The number of benzene rings is 4. The Kier molecular flexibility index (Phi) is 8.56. The molecule has 8 heteroatoms. The van der Waals surface area contributed by atoms with Gasteiger partial charge < -0.3 is 19.3 Å². The van der Waals surface area contributed by atoms with Gasteiger partial charge in [0.1, 0.15) is 23.9 Å². The molecule has 7 nitrogen and oxygen atoms in total. The molecular formula is C31H30O7S. The van der Waals surface area contributed by atoms with Crippen molar-refractivity contribution in [3.05, 3.63) is 96.1 Å². The summed E-state index contributed by atoms with van der Waals surface area (Å²) in [6.45, 7) is 3.34. The predicted molar refractivity (Wildman–Crippen MR) is 150 cm³/mol. The minimum Gasteiger partial charge on any atom is -0.497 e. The summed E-state index contributed by atoms with van der Waals surface area (Å²) in [7, 11) is -1.66. The lowest BCUT2D eigenvalue weighted by molar-refractivity contribution is -0.139. The van der Waals surface area contributed by atoms with Gasteiger partial charge in [-0.3, -0.25) is 0 Å². The zero-order valence-corrected chi connectivity index (χ0v) is 22.8. The first kappa shape index (κ1) is 27.7. The minimum atomic E-state index is -3.29. The van der Waals surface area contributed by atoms with Gasteiger partial charge >= 0.3 is 5.97 Å². The molecule has 0 bridgehead atoms. The monoisotopic (exact) mass is 546 g/mol. The molecule has 4 aromatic rings. The molecule has 0 unspecified atom stereocenters. The van der Waals surface area contributed by atoms with Crippen LogP contribution < -0.4 is 14.2 Å². The summed E-state index contributed by atoms with van der Waals surface area (Å²) in [6, 6.07) is 26.1. The minimum absolute atomic E-state index is 0.0485. The molecule has 0 heterocycles. The molecule has 202 valence electrons. The fourth-order valence-electron chi connectivity index (χ4n) is 4.09. The Morgan fingerprint density at radius 3 is 1.90 bits per heavy atom. The Morgan fingerprint density at radius 2 is 1.36 bits per heavy atom. The Labute approximate surface area is 228 Å². The first-order valence-electron chi connectivity index (χ1n) is 12.4. The highest BCUT2D eigenvalue weighted by Gasteiger charge is 2.13. The van der Waals surface area contributed by atoms with Crippen LogP contribution >= 0.6 is 0 Å². The molecule has 4 aromatic carbocycles. The lowest BCUT2D eigenvalue weighted by Gasteiger charge is -2.14. The van der Waals surface area contributed by atoms with Crippen LogP contribution in [0.25, 0.3) is 22.3 Å². The van der Waals surface area contributed by atoms with Crippen LogP contribution in [-0.2, 0) is 21.2 Å². The number of aryl methyl sites for hydroxylation is 1. The highest BCUT2D eigenvalue weighted by atomic mass is 32.2. The van der Waals surface area contributed by atoms with Gasteiger partial charge in [0.05, 0.1) is 17.8 Å². The van der Waals surface area contributed by atoms with E-state index in [0.29, 0.717) is 16.4 Å². The number of carboxylic acid groups (broad SMARTS) is 1. The molecule has 0 aliphatic heterocycles. The number of methoxy groups -OCH3 is 1. The topological polar surface area (TPSA) is 99.1 Å². The number of carbonyl (C=O) groups is 1. The van der Waals surface area contributed by atoms with Gasteiger partial charge in [-0.2, -0.15) is 0 Å². The highest BCUT2D eigenvalue weighted by Crippen LogP contribution is 2.31. The summed E-state index contributed by atoms with van der Waals surface area (Å²) in [5, 5.41) is 8.84. The second kappa shape index (κ2) is 12.0. The van der Waals surface area contributed by atoms with E-state index in [1.54, 1.807) is 44.4 Å². The maximum absolute atomic E-state index is 12.3. The summed E-state index contributed by atoms with van der Waals surface area (Å²) < 4.78 is 41.2. The van der Waals surface area contributed by atoms with Gasteiger partial charge in [-0.05, 0) is 101 Å². The van der Waals surface area contributed by atoms with E-state index in [-0.39, 0.29) is 12.4 Å². The smallest absolute Gasteiger partial charge is 0.341 e. The lowest BCUT2D eigenvalue weighted by Crippen LogP contribution is -2.10. The van der Waals surface area contributed by atoms with Crippen LogP contribution in [0.4, 0.5) is 0 Å². The van der Waals surface area contributed by atoms with Gasteiger partial charge in [0.15, 0.2) is 16.4 Å². The molecule has 0 fully saturated rings. The average Bonchev–Trinajstić information content (AvgIpc) is 2.95. The fraction of sp³-hybridized carbons (Fsp3) is 0.194. The van der Waals surface area contributed by atoms with E-state index < -0.39 is 22.4 Å². The third kappa shape index (κ3) is 6.97. The van der Waals surface area contributed by atoms with Crippen LogP contribution in [0.15, 0.2) is 89.8 Å². The van der Waals surface area contributed by atoms with Crippen molar-refractivity contribution in [3.63, 3.8) is 0 Å². The van der Waals surface area contributed by atoms with Gasteiger partial charge in [0.25, 0.3) is 0 Å². The second-order valence-corrected chi connectivity index (χ2v) is 11.3. The van der Waals surface area contributed by atoms with E-state index >= 15 is 0 Å². The van der Waals surface area contributed by atoms with Gasteiger partial charge in [-0.1, -0.05) is 31.2 Å². The van der Waals surface area contributed by atoms with Crippen LogP contribution in [-0.4, -0.2) is 39.0 Å². The van der Waals surface area contributed by atoms with E-state index in [2.05, 4.69) is 12.1 Å². The maximum Gasteiger partial charge on any atom is 0.341 e. The molecule has 39 heavy (non-hydrogen) atoms. The molecule has 0 saturated heterocycles. The molecule has 0 aliphatic rings. The Bertz CT molecular complexity index is 1560. The number of aliphatic carboxylic acids is 1. The number of carboxylic acids is 1. The van der Waals surface area contributed by atoms with Gasteiger partial charge in [-0.15, -0.1) is 0 Å². The summed E-state index contributed by atoms with van der Waals surface area (Å²) in [6.07, 6.45) is 0. The molecule has 0 amide bonds. The average molecular weight is 547 g/mol. The lowest BCUT2D eigenvalue weighted by atomic mass is 9.96. The number of hydrogen-bond donors (Lipinski definition) is 1. The molecule has 4 rings (SSSR count). The van der Waals surface area contributed by atoms with Crippen molar-refractivity contribution >= 4 is 15.8 Å². The molecule has 0 aliphatic carbocycles. The molecule has 0 spiro atoms. The van der Waals surface area contributed by atoms with E-state index in [1.807, 2.05) is 49.4 Å². The first-order valence-corrected chi connectivity index (χ1v) is 14.0. The standard InChI is InChI=1S/C31H30O7S/c1-4-39(34,35)29-12-7-24(8-13-29)26-17-22(16-25(18-26)23-5-9-27(36-3)10-6-23)19-37-28-11-14-30(21(2)15-28)38-20-31(32)33/h5-18H,4,19-20H2,1-3H3,(H,32,33). The summed E-state index contributed by atoms with van der Waals surface area (Å²) in [5.41, 5.74) is 5.48. The summed E-state index contributed by atoms with van der Waals surface area (Å²) >= 11 is 0. The fourth-order valence-corrected chi connectivity index (χ4v) is 4.98. The molecule has 0 saturated carbocycles. The number of ether oxygens (including phenoxy) is 3. The summed E-state index contributed by atoms with van der Waals surface area (Å²) in [4.78, 5) is 11.1. The van der Waals surface area contributed by atoms with Crippen molar-refractivity contribution < 1.29 is 32.5 Å². The van der Waals surface area contributed by atoms with Crippen molar-refractivity contribution in [1.29, 1.82) is 0 Å². The van der Waals surface area contributed by atoms with Crippen molar-refractivity contribution in [2.75, 3.05) is 19.5 Å². The maximum atomic E-state index is 12.3. The van der Waals surface area contributed by atoms with Crippen molar-refractivity contribution in [2.45, 2.75) is 25.3 Å². The van der Waals surface area contributed by atoms with Crippen LogP contribution in [0, 0.1) is 6.92 Å². The van der Waals surface area contributed by atoms with Crippen LogP contribution in [0.5, 0.6) is 17.2 Å². The quantitative estimate of drug-likeness (QED) is 0.240. The third-order valence-electron chi connectivity index (χ3n) is 6.25. The Hall–Kier alpha value is -4.30. The number of rotatable bonds is 11. The Morgan fingerprint density at radius 1 is 0.769 bits per heavy atom. The van der Waals surface area contributed by atoms with E-state index in [0.717, 1.165) is 39.1 Å². The molecule has 0 radical (unpaired) electrons. The van der Waals surface area contributed by atoms with Crippen molar-refractivity contribution in [1.82, 2.24) is 0 Å². The van der Waals surface area contributed by atoms with E-state index in [9.17, 15) is 13.2 Å². The van der Waals surface area contributed by atoms with Gasteiger partial charge in [0.2, 0.25) is 0 Å². The predicted octanol–water partition coefficient (Wildman–Crippen LogP) is 6.17. The van der Waals surface area contributed by atoms with Crippen LogP contribution in [0.3, 0.4) is 0 Å². The van der Waals surface area contributed by atoms with Crippen LogP contribution in [0.1, 0.15) is 18.1 Å². The number of sulfone groups is 1. The summed E-state index contributed by atoms with van der Waals surface area (Å²) in [5.74, 6) is 0.886. The van der Waals surface area contributed by atoms with Gasteiger partial charge in [0, 0.05) is 0 Å². The highest BCUT2D eigenvalue weighted by molar-refractivity contribution is 7.91. The van der Waals surface area contributed by atoms with E-state index in [4.69, 9.17) is 19.3 Å². The zero-order chi connectivity index (χ0) is 28.0. The van der Waals surface area contributed by atoms with Gasteiger partial charge in [-0.25, -0.2) is 13.2 Å². The largest absolute Gasteiger partial charge is 0.497 e. The molecule has 0 atom stereocenters. The third-order valence-corrected chi connectivity index (χ3v) is 8.00. The molecular weight excluding hydrogens is 516 g/mol.